The maximum absolute atomic E-state index is 6.33. The van der Waals surface area contributed by atoms with Crippen LogP contribution in [0.5, 0.6) is 0 Å². The van der Waals surface area contributed by atoms with Gasteiger partial charge in [0.15, 0.2) is 0 Å². The van der Waals surface area contributed by atoms with Crippen molar-refractivity contribution in [3.05, 3.63) is 35.9 Å². The molecule has 1 fully saturated rings. The van der Waals surface area contributed by atoms with Crippen LogP contribution in [0.2, 0.25) is 0 Å². The van der Waals surface area contributed by atoms with Crippen LogP contribution in [0, 0.1) is 0 Å². The lowest BCUT2D eigenvalue weighted by Gasteiger charge is -2.37. The van der Waals surface area contributed by atoms with E-state index in [2.05, 4.69) is 42.6 Å². The van der Waals surface area contributed by atoms with Gasteiger partial charge >= 0.3 is 0 Å². The van der Waals surface area contributed by atoms with Gasteiger partial charge < -0.3 is 10.1 Å². The van der Waals surface area contributed by atoms with Gasteiger partial charge in [-0.05, 0) is 37.8 Å². The molecule has 0 radical (unpaired) electrons. The molecule has 2 nitrogen and oxygen atoms in total. The lowest BCUT2D eigenvalue weighted by atomic mass is 9.84. The zero-order valence-electron chi connectivity index (χ0n) is 12.9. The Kier molecular flexibility index (Phi) is 6.55. The van der Waals surface area contributed by atoms with Gasteiger partial charge in [-0.15, -0.1) is 0 Å². The Morgan fingerprint density at radius 1 is 1.10 bits per heavy atom. The van der Waals surface area contributed by atoms with Crippen LogP contribution in [0.4, 0.5) is 0 Å². The third-order valence-electron chi connectivity index (χ3n) is 4.32. The molecule has 0 aromatic heterocycles. The first-order valence-corrected chi connectivity index (χ1v) is 8.23. The highest BCUT2D eigenvalue weighted by molar-refractivity contribution is 5.14. The van der Waals surface area contributed by atoms with E-state index in [9.17, 15) is 0 Å². The summed E-state index contributed by atoms with van der Waals surface area (Å²) in [5, 5.41) is 3.49. The van der Waals surface area contributed by atoms with Crippen molar-refractivity contribution in [3.63, 3.8) is 0 Å². The maximum atomic E-state index is 6.33. The van der Waals surface area contributed by atoms with Crippen LogP contribution in [0.15, 0.2) is 30.3 Å². The van der Waals surface area contributed by atoms with Gasteiger partial charge in [-0.1, -0.05) is 56.5 Å². The van der Waals surface area contributed by atoms with E-state index in [1.54, 1.807) is 0 Å². The summed E-state index contributed by atoms with van der Waals surface area (Å²) in [4.78, 5) is 0. The minimum Gasteiger partial charge on any atom is -0.374 e. The Morgan fingerprint density at radius 3 is 2.55 bits per heavy atom. The van der Waals surface area contributed by atoms with Crippen LogP contribution in [0.25, 0.3) is 0 Å². The fourth-order valence-electron chi connectivity index (χ4n) is 3.13. The van der Waals surface area contributed by atoms with Gasteiger partial charge in [0.2, 0.25) is 0 Å². The summed E-state index contributed by atoms with van der Waals surface area (Å²) in [6, 6.07) is 10.7. The van der Waals surface area contributed by atoms with Crippen LogP contribution in [-0.4, -0.2) is 25.3 Å². The molecule has 0 spiro atoms. The van der Waals surface area contributed by atoms with E-state index < -0.39 is 0 Å². The highest BCUT2D eigenvalue weighted by atomic mass is 16.5. The Hall–Kier alpha value is -0.860. The van der Waals surface area contributed by atoms with Gasteiger partial charge in [0.1, 0.15) is 0 Å². The van der Waals surface area contributed by atoms with Gasteiger partial charge in [0.05, 0.1) is 5.60 Å². The predicted molar refractivity (Wildman–Crippen MR) is 85.1 cm³/mol. The van der Waals surface area contributed by atoms with Gasteiger partial charge in [0, 0.05) is 13.2 Å². The molecule has 2 rings (SSSR count). The number of rotatable bonds is 8. The van der Waals surface area contributed by atoms with Crippen LogP contribution in [0.3, 0.4) is 0 Å². The predicted octanol–water partition coefficient (Wildman–Crippen LogP) is 3.95. The summed E-state index contributed by atoms with van der Waals surface area (Å²) in [5.74, 6) is 0. The number of hydrogen-bond acceptors (Lipinski definition) is 2. The van der Waals surface area contributed by atoms with Crippen molar-refractivity contribution < 1.29 is 4.74 Å². The van der Waals surface area contributed by atoms with E-state index >= 15 is 0 Å². The second kappa shape index (κ2) is 8.43. The molecular formula is C18H29NO. The van der Waals surface area contributed by atoms with Gasteiger partial charge in [-0.3, -0.25) is 0 Å². The second-order valence-electron chi connectivity index (χ2n) is 5.96. The topological polar surface area (TPSA) is 21.3 Å². The van der Waals surface area contributed by atoms with E-state index in [-0.39, 0.29) is 5.60 Å². The third kappa shape index (κ3) is 4.92. The maximum Gasteiger partial charge on any atom is 0.0806 e. The highest BCUT2D eigenvalue weighted by Gasteiger charge is 2.32. The zero-order chi connectivity index (χ0) is 14.1. The fourth-order valence-corrected chi connectivity index (χ4v) is 3.13. The van der Waals surface area contributed by atoms with Crippen molar-refractivity contribution in [2.45, 2.75) is 57.5 Å². The van der Waals surface area contributed by atoms with E-state index in [1.807, 2.05) is 0 Å². The van der Waals surface area contributed by atoms with Crippen molar-refractivity contribution >= 4 is 0 Å². The normalized spacial score (nSPS) is 18.1. The summed E-state index contributed by atoms with van der Waals surface area (Å²) < 4.78 is 6.33. The molecule has 0 amide bonds. The average Bonchev–Trinajstić information content (AvgIpc) is 2.52. The van der Waals surface area contributed by atoms with E-state index in [0.29, 0.717) is 0 Å². The molecule has 0 aliphatic heterocycles. The molecule has 1 aromatic rings. The first kappa shape index (κ1) is 15.5. The van der Waals surface area contributed by atoms with Gasteiger partial charge in [-0.2, -0.15) is 0 Å². The van der Waals surface area contributed by atoms with E-state index in [1.165, 1.54) is 37.7 Å². The number of ether oxygens (including phenoxy) is 1. The summed E-state index contributed by atoms with van der Waals surface area (Å²) in [6.07, 6.45) is 8.72. The first-order valence-electron chi connectivity index (χ1n) is 8.23. The molecule has 1 aliphatic carbocycles. The monoisotopic (exact) mass is 275 g/mol. The molecule has 1 saturated carbocycles. The molecule has 1 N–H and O–H groups in total. The second-order valence-corrected chi connectivity index (χ2v) is 5.96. The number of nitrogens with one attached hydrogen (secondary N) is 1. The lowest BCUT2D eigenvalue weighted by Crippen LogP contribution is -2.45. The number of aryl methyl sites for hydroxylation is 1. The molecular weight excluding hydrogens is 246 g/mol. The zero-order valence-corrected chi connectivity index (χ0v) is 12.9. The summed E-state index contributed by atoms with van der Waals surface area (Å²) in [7, 11) is 0. The summed E-state index contributed by atoms with van der Waals surface area (Å²) in [5.41, 5.74) is 1.53. The average molecular weight is 275 g/mol. The van der Waals surface area contributed by atoms with Crippen molar-refractivity contribution in [1.29, 1.82) is 0 Å². The minimum atomic E-state index is 0.116. The molecule has 0 unspecified atom stereocenters. The lowest BCUT2D eigenvalue weighted by molar-refractivity contribution is -0.0688. The molecule has 0 saturated heterocycles. The Morgan fingerprint density at radius 2 is 1.85 bits per heavy atom. The number of benzene rings is 1. The quantitative estimate of drug-likeness (QED) is 0.725. The SMILES string of the molecule is CCNCC1(OCCCc2ccccc2)CCCCC1. The van der Waals surface area contributed by atoms with Crippen molar-refractivity contribution in [2.24, 2.45) is 0 Å². The van der Waals surface area contributed by atoms with E-state index in [4.69, 9.17) is 4.74 Å². The summed E-state index contributed by atoms with van der Waals surface area (Å²) in [6.45, 7) is 5.12. The molecule has 112 valence electrons. The number of likely N-dealkylation sites (N-methyl/N-ethyl adjacent to an activating group) is 1. The van der Waals surface area contributed by atoms with E-state index in [0.717, 1.165) is 32.5 Å². The molecule has 0 heterocycles. The van der Waals surface area contributed by atoms with Crippen molar-refractivity contribution in [1.82, 2.24) is 5.32 Å². The highest BCUT2D eigenvalue weighted by Crippen LogP contribution is 2.31. The Balaban J connectivity index is 1.74. The van der Waals surface area contributed by atoms with Crippen LogP contribution in [0.1, 0.15) is 51.0 Å². The van der Waals surface area contributed by atoms with Crippen molar-refractivity contribution in [3.8, 4) is 0 Å². The Labute approximate surface area is 123 Å². The molecule has 1 aromatic carbocycles. The van der Waals surface area contributed by atoms with Crippen LogP contribution < -0.4 is 5.32 Å². The Bertz CT molecular complexity index is 357. The third-order valence-corrected chi connectivity index (χ3v) is 4.32. The molecule has 0 atom stereocenters. The van der Waals surface area contributed by atoms with Gasteiger partial charge in [0.25, 0.3) is 0 Å². The minimum absolute atomic E-state index is 0.116. The standard InChI is InChI=1S/C18H29NO/c1-2-19-16-18(13-7-4-8-14-18)20-15-9-12-17-10-5-3-6-11-17/h3,5-6,10-11,19H,2,4,7-9,12-16H2,1H3. The summed E-state index contributed by atoms with van der Waals surface area (Å²) >= 11 is 0. The number of hydrogen-bond donors (Lipinski definition) is 1. The largest absolute Gasteiger partial charge is 0.374 e. The molecule has 20 heavy (non-hydrogen) atoms. The smallest absolute Gasteiger partial charge is 0.0806 e. The van der Waals surface area contributed by atoms with Crippen LogP contribution >= 0.6 is 0 Å². The first-order chi connectivity index (χ1) is 9.85. The van der Waals surface area contributed by atoms with Crippen LogP contribution in [-0.2, 0) is 11.2 Å². The van der Waals surface area contributed by atoms with Crippen molar-refractivity contribution in [2.75, 3.05) is 19.7 Å². The fraction of sp³-hybridized carbons (Fsp3) is 0.667. The molecule has 0 bridgehead atoms. The van der Waals surface area contributed by atoms with Gasteiger partial charge in [-0.25, -0.2) is 0 Å². The molecule has 2 heteroatoms. The molecule has 1 aliphatic rings.